The predicted octanol–water partition coefficient (Wildman–Crippen LogP) is 18.1. The predicted molar refractivity (Wildman–Crippen MR) is 289 cm³/mol. The molecule has 0 fully saturated rings. The van der Waals surface area contributed by atoms with Crippen molar-refractivity contribution >= 4 is 28.3 Å². The summed E-state index contributed by atoms with van der Waals surface area (Å²) in [5.74, 6) is 0.624. The van der Waals surface area contributed by atoms with Crippen molar-refractivity contribution in [1.29, 1.82) is 0 Å². The van der Waals surface area contributed by atoms with Crippen molar-refractivity contribution < 1.29 is 0 Å². The third-order valence-electron chi connectivity index (χ3n) is 13.8. The first-order valence-electron chi connectivity index (χ1n) is 24.4. The van der Waals surface area contributed by atoms with E-state index in [1.807, 2.05) is 0 Å². The number of hydrogen-bond acceptors (Lipinski definition) is 2. The Balaban J connectivity index is 0.866. The van der Waals surface area contributed by atoms with Crippen molar-refractivity contribution in [2.24, 2.45) is 5.92 Å². The van der Waals surface area contributed by atoms with Gasteiger partial charge in [0.05, 0.1) is 0 Å². The number of hydrogen-bond donors (Lipinski definition) is 0. The molecular weight excluding hydrogens is 821 g/mol. The molecule has 2 nitrogen and oxygen atoms in total. The second-order valence-corrected chi connectivity index (χ2v) is 18.2. The van der Waals surface area contributed by atoms with E-state index in [-0.39, 0.29) is 0 Å². The minimum Gasteiger partial charge on any atom is -0.315 e. The Hall–Kier alpha value is -7.94. The van der Waals surface area contributed by atoms with Gasteiger partial charge in [0.25, 0.3) is 0 Å². The topological polar surface area (TPSA) is 6.48 Å². The second kappa shape index (κ2) is 19.9. The molecule has 330 valence electrons. The number of para-hydroxylation sites is 1. The molecule has 2 unspecified atom stereocenters. The van der Waals surface area contributed by atoms with Crippen LogP contribution >= 0.6 is 0 Å². The number of nitrogens with zero attached hydrogens (tertiary/aromatic N) is 2. The van der Waals surface area contributed by atoms with Crippen molar-refractivity contribution in [3.63, 3.8) is 0 Å². The molecule has 7 aromatic rings. The lowest BCUT2D eigenvalue weighted by molar-refractivity contribution is 0.737. The molecule has 68 heavy (non-hydrogen) atoms. The van der Waals surface area contributed by atoms with Gasteiger partial charge in [-0.05, 0) is 155 Å². The first kappa shape index (κ1) is 42.7. The molecule has 0 radical (unpaired) electrons. The minimum atomic E-state index is 0.309. The molecule has 0 N–H and O–H groups in total. The van der Waals surface area contributed by atoms with E-state index in [0.717, 1.165) is 55.6 Å². The fourth-order valence-corrected chi connectivity index (χ4v) is 10.4. The third-order valence-corrected chi connectivity index (χ3v) is 13.8. The average Bonchev–Trinajstić information content (AvgIpc) is 3.43. The van der Waals surface area contributed by atoms with E-state index in [1.165, 1.54) is 72.7 Å². The molecule has 0 aliphatic heterocycles. The number of benzene rings is 7. The maximum atomic E-state index is 2.53. The van der Waals surface area contributed by atoms with Gasteiger partial charge >= 0.3 is 0 Å². The Morgan fingerprint density at radius 1 is 0.412 bits per heavy atom. The van der Waals surface area contributed by atoms with Gasteiger partial charge in [-0.15, -0.1) is 0 Å². The van der Waals surface area contributed by atoms with Crippen LogP contribution in [0, 0.1) is 5.92 Å². The SMILES string of the molecule is C1=CCCC(N(C2=CCC(C3=CC(c4ccc(N(c5ccccc5)c5ccc(C6=CCCC=C6)c(-c6ccccc6)c5)cc4)CC=C3)C=C2)c2ccc(-c3ccccc3)c(-c3ccccc3)c2)=C1. The van der Waals surface area contributed by atoms with Crippen LogP contribution in [0.2, 0.25) is 0 Å². The summed E-state index contributed by atoms with van der Waals surface area (Å²) >= 11 is 0. The number of anilines is 4. The fraction of sp³-hybridized carbons (Fsp3) is 0.121. The lowest BCUT2D eigenvalue weighted by atomic mass is 9.82. The smallest absolute Gasteiger partial charge is 0.0468 e. The van der Waals surface area contributed by atoms with Crippen LogP contribution in [0.5, 0.6) is 0 Å². The van der Waals surface area contributed by atoms with E-state index in [2.05, 4.69) is 265 Å². The normalized spacial score (nSPS) is 17.5. The fourth-order valence-electron chi connectivity index (χ4n) is 10.4. The van der Waals surface area contributed by atoms with Gasteiger partial charge < -0.3 is 9.80 Å². The molecule has 2 heteroatoms. The van der Waals surface area contributed by atoms with Crippen molar-refractivity contribution in [2.75, 3.05) is 9.80 Å². The standard InChI is InChI=1S/C66H56N2/c1-7-20-51(21-8-1)63-44-42-61(47-65(63)53-24-11-3-12-25-53)67(57-30-15-5-16-31-57)59-38-34-49(35-39-59)55-28-19-29-56(46-55)50-36-40-60(41-37-50)68(58-32-17-6-18-33-58)62-43-45-64(52-22-9-2-10-23-52)66(48-62)54-26-13-4-14-27-54/h1,3-9,11-15,17-28,30,32-34,36-49,56H,2,10,16,29,31,35H2. The lowest BCUT2D eigenvalue weighted by Crippen LogP contribution is -2.23. The number of allylic oxidation sites excluding steroid dienone is 15. The second-order valence-electron chi connectivity index (χ2n) is 18.2. The van der Waals surface area contributed by atoms with Crippen LogP contribution in [0.15, 0.2) is 272 Å². The van der Waals surface area contributed by atoms with E-state index < -0.39 is 0 Å². The molecular formula is C66H56N2. The van der Waals surface area contributed by atoms with Gasteiger partial charge in [0.2, 0.25) is 0 Å². The monoisotopic (exact) mass is 876 g/mol. The zero-order valence-corrected chi connectivity index (χ0v) is 38.5. The summed E-state index contributed by atoms with van der Waals surface area (Å²) in [6.45, 7) is 0. The summed E-state index contributed by atoms with van der Waals surface area (Å²) in [5, 5.41) is 0. The molecule has 0 aromatic heterocycles. The molecule has 2 atom stereocenters. The maximum Gasteiger partial charge on any atom is 0.0468 e. The molecule has 4 aliphatic rings. The Labute approximate surface area is 403 Å². The molecule has 0 amide bonds. The number of rotatable bonds is 12. The van der Waals surface area contributed by atoms with Gasteiger partial charge in [0.15, 0.2) is 0 Å². The Morgan fingerprint density at radius 3 is 1.63 bits per heavy atom. The van der Waals surface area contributed by atoms with Crippen LogP contribution in [0.3, 0.4) is 0 Å². The van der Waals surface area contributed by atoms with Crippen molar-refractivity contribution in [2.45, 2.75) is 44.4 Å². The van der Waals surface area contributed by atoms with Gasteiger partial charge in [0.1, 0.15) is 0 Å². The third kappa shape index (κ3) is 9.11. The van der Waals surface area contributed by atoms with Gasteiger partial charge in [-0.25, -0.2) is 0 Å². The van der Waals surface area contributed by atoms with E-state index in [4.69, 9.17) is 0 Å². The van der Waals surface area contributed by atoms with Crippen molar-refractivity contribution in [1.82, 2.24) is 0 Å². The first-order chi connectivity index (χ1) is 33.7. The highest BCUT2D eigenvalue weighted by atomic mass is 15.2. The Kier molecular flexibility index (Phi) is 12.5. The molecule has 0 heterocycles. The summed E-state index contributed by atoms with van der Waals surface area (Å²) in [5.41, 5.74) is 19.9. The lowest BCUT2D eigenvalue weighted by Gasteiger charge is -2.33. The van der Waals surface area contributed by atoms with E-state index in [0.29, 0.717) is 11.8 Å². The quantitative estimate of drug-likeness (QED) is 0.121. The summed E-state index contributed by atoms with van der Waals surface area (Å²) in [6.07, 6.45) is 34.4. The average molecular weight is 877 g/mol. The summed E-state index contributed by atoms with van der Waals surface area (Å²) in [7, 11) is 0. The van der Waals surface area contributed by atoms with Crippen molar-refractivity contribution in [3.05, 3.63) is 283 Å². The van der Waals surface area contributed by atoms with Gasteiger partial charge in [-0.2, -0.15) is 0 Å². The highest BCUT2D eigenvalue weighted by Gasteiger charge is 2.24. The molecule has 0 saturated carbocycles. The van der Waals surface area contributed by atoms with Gasteiger partial charge in [0, 0.05) is 46.0 Å². The van der Waals surface area contributed by atoms with Crippen LogP contribution in [-0.4, -0.2) is 0 Å². The molecule has 0 spiro atoms. The summed E-state index contributed by atoms with van der Waals surface area (Å²) < 4.78 is 0. The molecule has 7 aromatic carbocycles. The highest BCUT2D eigenvalue weighted by molar-refractivity contribution is 5.90. The van der Waals surface area contributed by atoms with Gasteiger partial charge in [-0.3, -0.25) is 0 Å². The molecule has 0 saturated heterocycles. The van der Waals surface area contributed by atoms with Crippen LogP contribution in [0.1, 0.15) is 55.6 Å². The summed E-state index contributed by atoms with van der Waals surface area (Å²) in [4.78, 5) is 4.89. The van der Waals surface area contributed by atoms with E-state index in [9.17, 15) is 0 Å². The summed E-state index contributed by atoms with van der Waals surface area (Å²) in [6, 6.07) is 66.5. The Bertz CT molecular complexity index is 3140. The van der Waals surface area contributed by atoms with E-state index in [1.54, 1.807) is 0 Å². The molecule has 4 aliphatic carbocycles. The minimum absolute atomic E-state index is 0.309. The maximum absolute atomic E-state index is 2.53. The first-order valence-corrected chi connectivity index (χ1v) is 24.4. The largest absolute Gasteiger partial charge is 0.315 e. The van der Waals surface area contributed by atoms with Crippen LogP contribution < -0.4 is 9.80 Å². The van der Waals surface area contributed by atoms with Crippen LogP contribution in [-0.2, 0) is 0 Å². The van der Waals surface area contributed by atoms with Crippen molar-refractivity contribution in [3.8, 4) is 33.4 Å². The Morgan fingerprint density at radius 2 is 1.01 bits per heavy atom. The van der Waals surface area contributed by atoms with Crippen LogP contribution in [0.25, 0.3) is 39.0 Å². The molecule has 0 bridgehead atoms. The van der Waals surface area contributed by atoms with Crippen LogP contribution in [0.4, 0.5) is 22.7 Å². The zero-order chi connectivity index (χ0) is 45.5. The van der Waals surface area contributed by atoms with Gasteiger partial charge in [-0.1, -0.05) is 194 Å². The van der Waals surface area contributed by atoms with E-state index >= 15 is 0 Å². The molecule has 11 rings (SSSR count). The highest BCUT2D eigenvalue weighted by Crippen LogP contribution is 2.43. The zero-order valence-electron chi connectivity index (χ0n) is 38.5.